The summed E-state index contributed by atoms with van der Waals surface area (Å²) < 4.78 is 5.31. The lowest BCUT2D eigenvalue weighted by molar-refractivity contribution is -0.134. The number of aryl methyl sites for hydroxylation is 1. The minimum Gasteiger partial charge on any atom is -0.497 e. The molecule has 2 aliphatic rings. The van der Waals surface area contributed by atoms with Crippen LogP contribution in [-0.4, -0.2) is 98.1 Å². The molecule has 2 fully saturated rings. The number of hydrogen-bond acceptors (Lipinski definition) is 5. The van der Waals surface area contributed by atoms with Gasteiger partial charge in [0.25, 0.3) is 0 Å². The lowest BCUT2D eigenvalue weighted by Crippen LogP contribution is -2.53. The highest BCUT2D eigenvalue weighted by molar-refractivity contribution is 5.78. The first kappa shape index (κ1) is 23.7. The third-order valence-corrected chi connectivity index (χ3v) is 7.05. The van der Waals surface area contributed by atoms with Crippen molar-refractivity contribution in [2.45, 2.75) is 19.9 Å². The Morgan fingerprint density at radius 2 is 1.52 bits per heavy atom. The first-order valence-corrected chi connectivity index (χ1v) is 12.2. The van der Waals surface area contributed by atoms with Gasteiger partial charge in [-0.1, -0.05) is 36.4 Å². The molecule has 4 rings (SSSR count). The zero-order chi connectivity index (χ0) is 23.0. The second kappa shape index (κ2) is 11.6. The first-order chi connectivity index (χ1) is 16.1. The topological polar surface area (TPSA) is 39.3 Å². The highest BCUT2D eigenvalue weighted by Gasteiger charge is 2.25. The quantitative estimate of drug-likeness (QED) is 0.618. The van der Waals surface area contributed by atoms with E-state index in [1.165, 1.54) is 16.7 Å². The molecular weight excluding hydrogens is 412 g/mol. The Morgan fingerprint density at radius 1 is 0.848 bits per heavy atom. The minimum atomic E-state index is 0.285. The maximum absolute atomic E-state index is 12.9. The zero-order valence-electron chi connectivity index (χ0n) is 20.2. The monoisotopic (exact) mass is 450 g/mol. The van der Waals surface area contributed by atoms with Crippen LogP contribution in [0.25, 0.3) is 0 Å². The van der Waals surface area contributed by atoms with Crippen LogP contribution in [0.2, 0.25) is 0 Å². The molecule has 0 aromatic heterocycles. The molecule has 2 aromatic rings. The van der Waals surface area contributed by atoms with E-state index in [1.54, 1.807) is 7.11 Å². The summed E-state index contributed by atoms with van der Waals surface area (Å²) in [6, 6.07) is 17.0. The van der Waals surface area contributed by atoms with Gasteiger partial charge in [-0.15, -0.1) is 0 Å². The molecule has 0 atom stereocenters. The summed E-state index contributed by atoms with van der Waals surface area (Å²) in [7, 11) is 1.70. The van der Waals surface area contributed by atoms with Crippen molar-refractivity contribution in [1.29, 1.82) is 0 Å². The molecule has 0 saturated carbocycles. The Balaban J connectivity index is 1.15. The Kier molecular flexibility index (Phi) is 8.37. The molecule has 0 radical (unpaired) electrons. The molecule has 0 aliphatic carbocycles. The maximum Gasteiger partial charge on any atom is 0.236 e. The number of methoxy groups -OCH3 is 1. The van der Waals surface area contributed by atoms with Crippen LogP contribution in [0, 0.1) is 6.92 Å². The number of nitrogens with zero attached hydrogens (tertiary/aromatic N) is 4. The second-order valence-electron chi connectivity index (χ2n) is 9.30. The Labute approximate surface area is 198 Å². The predicted molar refractivity (Wildman–Crippen MR) is 133 cm³/mol. The van der Waals surface area contributed by atoms with Crippen molar-refractivity contribution < 1.29 is 9.53 Å². The molecule has 2 heterocycles. The highest BCUT2D eigenvalue weighted by atomic mass is 16.5. The Bertz CT molecular complexity index is 888. The van der Waals surface area contributed by atoms with Crippen LogP contribution in [-0.2, 0) is 17.8 Å². The van der Waals surface area contributed by atoms with E-state index in [4.69, 9.17) is 4.74 Å². The summed E-state index contributed by atoms with van der Waals surface area (Å²) in [5, 5.41) is 0. The molecular formula is C27H38N4O2. The molecule has 178 valence electrons. The maximum atomic E-state index is 12.9. The van der Waals surface area contributed by atoms with E-state index in [-0.39, 0.29) is 5.91 Å². The zero-order valence-corrected chi connectivity index (χ0v) is 20.2. The van der Waals surface area contributed by atoms with Gasteiger partial charge in [0.1, 0.15) is 5.75 Å². The van der Waals surface area contributed by atoms with Crippen molar-refractivity contribution in [2.75, 3.05) is 72.6 Å². The van der Waals surface area contributed by atoms with Gasteiger partial charge >= 0.3 is 0 Å². The van der Waals surface area contributed by atoms with Crippen LogP contribution in [0.4, 0.5) is 0 Å². The van der Waals surface area contributed by atoms with Crippen LogP contribution in [0.1, 0.15) is 16.7 Å². The summed E-state index contributed by atoms with van der Waals surface area (Å²) in [5.41, 5.74) is 3.99. The van der Waals surface area contributed by atoms with Gasteiger partial charge in [0.15, 0.2) is 0 Å². The molecule has 33 heavy (non-hydrogen) atoms. The number of rotatable bonds is 8. The number of amides is 1. The largest absolute Gasteiger partial charge is 0.497 e. The van der Waals surface area contributed by atoms with Crippen molar-refractivity contribution in [1.82, 2.24) is 19.6 Å². The Morgan fingerprint density at radius 3 is 2.18 bits per heavy atom. The van der Waals surface area contributed by atoms with Crippen molar-refractivity contribution in [3.63, 3.8) is 0 Å². The van der Waals surface area contributed by atoms with Gasteiger partial charge in [-0.05, 0) is 42.2 Å². The van der Waals surface area contributed by atoms with E-state index in [1.807, 2.05) is 6.07 Å². The average Bonchev–Trinajstić information content (AvgIpc) is 2.86. The van der Waals surface area contributed by atoms with Crippen molar-refractivity contribution in [2.24, 2.45) is 0 Å². The van der Waals surface area contributed by atoms with E-state index >= 15 is 0 Å². The van der Waals surface area contributed by atoms with Crippen molar-refractivity contribution in [3.8, 4) is 5.75 Å². The number of hydrogen-bond donors (Lipinski definition) is 0. The van der Waals surface area contributed by atoms with Gasteiger partial charge in [0, 0.05) is 65.4 Å². The van der Waals surface area contributed by atoms with Gasteiger partial charge in [0.05, 0.1) is 13.7 Å². The molecule has 1 amide bonds. The van der Waals surface area contributed by atoms with E-state index in [0.29, 0.717) is 6.54 Å². The fourth-order valence-electron chi connectivity index (χ4n) is 4.76. The molecule has 2 aromatic carbocycles. The third-order valence-electron chi connectivity index (χ3n) is 7.05. The van der Waals surface area contributed by atoms with E-state index in [9.17, 15) is 4.79 Å². The summed E-state index contributed by atoms with van der Waals surface area (Å²) in [6.45, 7) is 12.3. The standard InChI is InChI=1S/C27H38N4O2/c1-23-20-26(33-2)9-8-25(23)21-29-16-18-31(19-17-29)27(32)22-30-14-12-28(13-15-30)11-10-24-6-4-3-5-7-24/h3-9,20H,10-19,21-22H2,1-2H3. The van der Waals surface area contributed by atoms with Gasteiger partial charge in [0.2, 0.25) is 5.91 Å². The first-order valence-electron chi connectivity index (χ1n) is 12.2. The fraction of sp³-hybridized carbons (Fsp3) is 0.519. The fourth-order valence-corrected chi connectivity index (χ4v) is 4.76. The number of carbonyl (C=O) groups excluding carboxylic acids is 1. The lowest BCUT2D eigenvalue weighted by atomic mass is 10.1. The molecule has 0 unspecified atom stereocenters. The van der Waals surface area contributed by atoms with E-state index in [2.05, 4.69) is 69.0 Å². The summed E-state index contributed by atoms with van der Waals surface area (Å²) in [6.07, 6.45) is 1.10. The molecule has 2 aliphatic heterocycles. The van der Waals surface area contributed by atoms with Gasteiger partial charge < -0.3 is 14.5 Å². The normalized spacial score (nSPS) is 18.4. The molecule has 6 heteroatoms. The molecule has 0 N–H and O–H groups in total. The van der Waals surface area contributed by atoms with Crippen molar-refractivity contribution >= 4 is 5.91 Å². The van der Waals surface area contributed by atoms with Crippen LogP contribution >= 0.6 is 0 Å². The lowest BCUT2D eigenvalue weighted by Gasteiger charge is -2.38. The molecule has 2 saturated heterocycles. The van der Waals surface area contributed by atoms with Crippen LogP contribution in [0.15, 0.2) is 48.5 Å². The predicted octanol–water partition coefficient (Wildman–Crippen LogP) is 2.51. The van der Waals surface area contributed by atoms with Crippen LogP contribution in [0.5, 0.6) is 5.75 Å². The number of ether oxygens (including phenoxy) is 1. The van der Waals surface area contributed by atoms with Gasteiger partial charge in [-0.3, -0.25) is 14.6 Å². The second-order valence-corrected chi connectivity index (χ2v) is 9.30. The average molecular weight is 451 g/mol. The van der Waals surface area contributed by atoms with Crippen molar-refractivity contribution in [3.05, 3.63) is 65.2 Å². The van der Waals surface area contributed by atoms with Crippen LogP contribution in [0.3, 0.4) is 0 Å². The smallest absolute Gasteiger partial charge is 0.236 e. The molecule has 0 spiro atoms. The summed E-state index contributed by atoms with van der Waals surface area (Å²) >= 11 is 0. The summed E-state index contributed by atoms with van der Waals surface area (Å²) in [4.78, 5) is 22.2. The third kappa shape index (κ3) is 6.79. The molecule has 0 bridgehead atoms. The van der Waals surface area contributed by atoms with Gasteiger partial charge in [-0.25, -0.2) is 0 Å². The number of benzene rings is 2. The highest BCUT2D eigenvalue weighted by Crippen LogP contribution is 2.19. The molecule has 6 nitrogen and oxygen atoms in total. The SMILES string of the molecule is COc1ccc(CN2CCN(C(=O)CN3CCN(CCc4ccccc4)CC3)CC2)c(C)c1. The van der Waals surface area contributed by atoms with E-state index in [0.717, 1.165) is 77.6 Å². The van der Waals surface area contributed by atoms with Gasteiger partial charge in [-0.2, -0.15) is 0 Å². The van der Waals surface area contributed by atoms with E-state index < -0.39 is 0 Å². The summed E-state index contributed by atoms with van der Waals surface area (Å²) in [5.74, 6) is 1.19. The number of carbonyl (C=O) groups is 1. The van der Waals surface area contributed by atoms with Crippen LogP contribution < -0.4 is 4.74 Å². The number of piperazine rings is 2. The Hall–Kier alpha value is -2.41. The minimum absolute atomic E-state index is 0.285.